The van der Waals surface area contributed by atoms with Gasteiger partial charge in [0.15, 0.2) is 0 Å². The van der Waals surface area contributed by atoms with Gasteiger partial charge in [0.05, 0.1) is 18.7 Å². The summed E-state index contributed by atoms with van der Waals surface area (Å²) in [6, 6.07) is 0. The van der Waals surface area contributed by atoms with Gasteiger partial charge < -0.3 is 15.0 Å². The second-order valence-electron chi connectivity index (χ2n) is 5.00. The summed E-state index contributed by atoms with van der Waals surface area (Å²) >= 11 is 0. The maximum atomic E-state index is 9.49. The number of aromatic nitrogens is 2. The van der Waals surface area contributed by atoms with Crippen molar-refractivity contribution in [1.82, 2.24) is 19.8 Å². The van der Waals surface area contributed by atoms with Crippen LogP contribution in [0.1, 0.15) is 19.7 Å². The van der Waals surface area contributed by atoms with Gasteiger partial charge in [0.2, 0.25) is 0 Å². The molecule has 0 fully saturated rings. The van der Waals surface area contributed by atoms with E-state index in [1.165, 1.54) is 0 Å². The molecule has 1 aliphatic rings. The monoisotopic (exact) mass is 238 g/mol. The molecular formula is C12H22N4O. The van der Waals surface area contributed by atoms with Crippen molar-refractivity contribution in [2.45, 2.75) is 32.5 Å². The van der Waals surface area contributed by atoms with Gasteiger partial charge in [-0.25, -0.2) is 4.98 Å². The second-order valence-corrected chi connectivity index (χ2v) is 5.00. The zero-order valence-corrected chi connectivity index (χ0v) is 10.7. The molecule has 1 atom stereocenters. The Balaban J connectivity index is 1.97. The van der Waals surface area contributed by atoms with E-state index < -0.39 is 0 Å². The summed E-state index contributed by atoms with van der Waals surface area (Å²) in [5.74, 6) is 1.12. The van der Waals surface area contributed by atoms with Gasteiger partial charge >= 0.3 is 0 Å². The van der Waals surface area contributed by atoms with Gasteiger partial charge in [0.1, 0.15) is 5.82 Å². The number of likely N-dealkylation sites (N-methyl/N-ethyl adjacent to an activating group) is 1. The summed E-state index contributed by atoms with van der Waals surface area (Å²) in [6.07, 6.45) is 3.89. The number of fused-ring (bicyclic) bond motifs is 1. The first-order valence-electron chi connectivity index (χ1n) is 6.25. The summed E-state index contributed by atoms with van der Waals surface area (Å²) in [7, 11) is 0. The first-order valence-corrected chi connectivity index (χ1v) is 6.25. The summed E-state index contributed by atoms with van der Waals surface area (Å²) in [5, 5.41) is 12.8. The number of rotatable bonds is 5. The highest BCUT2D eigenvalue weighted by Crippen LogP contribution is 2.14. The minimum atomic E-state index is -0.219. The zero-order valence-electron chi connectivity index (χ0n) is 10.7. The summed E-state index contributed by atoms with van der Waals surface area (Å²) < 4.78 is 2.19. The van der Waals surface area contributed by atoms with Crippen molar-refractivity contribution in [2.75, 3.05) is 26.2 Å². The van der Waals surface area contributed by atoms with E-state index in [1.54, 1.807) is 0 Å². The molecule has 1 aromatic heterocycles. The molecule has 0 radical (unpaired) electrons. The average molecular weight is 238 g/mol. The minimum absolute atomic E-state index is 0.159. The zero-order chi connectivity index (χ0) is 12.3. The average Bonchev–Trinajstić information content (AvgIpc) is 2.76. The molecular weight excluding hydrogens is 216 g/mol. The number of aliphatic hydroxyl groups is 1. The lowest BCUT2D eigenvalue weighted by Gasteiger charge is -2.36. The van der Waals surface area contributed by atoms with Crippen molar-refractivity contribution < 1.29 is 5.11 Å². The third-order valence-corrected chi connectivity index (χ3v) is 3.35. The van der Waals surface area contributed by atoms with Crippen LogP contribution in [0.4, 0.5) is 0 Å². The molecule has 2 heterocycles. The van der Waals surface area contributed by atoms with Crippen molar-refractivity contribution >= 4 is 0 Å². The molecule has 96 valence electrons. The standard InChI is InChI=1S/C12H22N4O/c1-3-14-12(2,10-17)9-15-6-7-16-5-4-13-11(16)8-15/h4-5,14,17H,3,6-10H2,1-2H3. The molecule has 2 N–H and O–H groups in total. The van der Waals surface area contributed by atoms with E-state index in [0.717, 1.165) is 38.5 Å². The lowest BCUT2D eigenvalue weighted by molar-refractivity contribution is 0.105. The van der Waals surface area contributed by atoms with Crippen LogP contribution in [0.25, 0.3) is 0 Å². The predicted octanol–water partition coefficient (Wildman–Crippen LogP) is 0.0592. The molecule has 2 rings (SSSR count). The van der Waals surface area contributed by atoms with Gasteiger partial charge in [-0.1, -0.05) is 6.92 Å². The minimum Gasteiger partial charge on any atom is -0.394 e. The smallest absolute Gasteiger partial charge is 0.122 e. The van der Waals surface area contributed by atoms with Crippen molar-refractivity contribution in [1.29, 1.82) is 0 Å². The Morgan fingerprint density at radius 1 is 1.53 bits per heavy atom. The number of imidazole rings is 1. The van der Waals surface area contributed by atoms with E-state index in [0.29, 0.717) is 0 Å². The van der Waals surface area contributed by atoms with Crippen LogP contribution in [-0.2, 0) is 13.1 Å². The molecule has 0 spiro atoms. The van der Waals surface area contributed by atoms with Crippen molar-refractivity contribution in [3.8, 4) is 0 Å². The number of nitrogens with one attached hydrogen (secondary N) is 1. The van der Waals surface area contributed by atoms with Crippen molar-refractivity contribution in [3.05, 3.63) is 18.2 Å². The van der Waals surface area contributed by atoms with Gasteiger partial charge in [-0.05, 0) is 13.5 Å². The van der Waals surface area contributed by atoms with E-state index in [4.69, 9.17) is 0 Å². The summed E-state index contributed by atoms with van der Waals surface area (Å²) in [5.41, 5.74) is -0.219. The SMILES string of the molecule is CCNC(C)(CO)CN1CCn2ccnc2C1. The van der Waals surface area contributed by atoms with Crippen LogP contribution >= 0.6 is 0 Å². The van der Waals surface area contributed by atoms with E-state index in [9.17, 15) is 5.11 Å². The number of aliphatic hydroxyl groups excluding tert-OH is 1. The molecule has 1 unspecified atom stereocenters. The van der Waals surface area contributed by atoms with Crippen LogP contribution in [0.15, 0.2) is 12.4 Å². The second kappa shape index (κ2) is 5.16. The molecule has 0 saturated heterocycles. The molecule has 17 heavy (non-hydrogen) atoms. The molecule has 0 saturated carbocycles. The fraction of sp³-hybridized carbons (Fsp3) is 0.750. The van der Waals surface area contributed by atoms with Gasteiger partial charge in [-0.15, -0.1) is 0 Å². The molecule has 0 amide bonds. The Bertz CT molecular complexity index is 365. The number of hydrogen-bond acceptors (Lipinski definition) is 4. The fourth-order valence-electron chi connectivity index (χ4n) is 2.44. The third kappa shape index (κ3) is 2.86. The summed E-state index contributed by atoms with van der Waals surface area (Å²) in [6.45, 7) is 8.89. The molecule has 0 aromatic carbocycles. The summed E-state index contributed by atoms with van der Waals surface area (Å²) in [4.78, 5) is 6.70. The first-order chi connectivity index (χ1) is 8.17. The molecule has 5 nitrogen and oxygen atoms in total. The maximum Gasteiger partial charge on any atom is 0.122 e. The van der Waals surface area contributed by atoms with E-state index in [2.05, 4.69) is 33.6 Å². The number of hydrogen-bond donors (Lipinski definition) is 2. The molecule has 5 heteroatoms. The predicted molar refractivity (Wildman–Crippen MR) is 66.7 cm³/mol. The lowest BCUT2D eigenvalue weighted by Crippen LogP contribution is -2.55. The van der Waals surface area contributed by atoms with Gasteiger partial charge in [-0.2, -0.15) is 0 Å². The normalized spacial score (nSPS) is 19.9. The fourth-order valence-corrected chi connectivity index (χ4v) is 2.44. The number of nitrogens with zero attached hydrogens (tertiary/aromatic N) is 3. The van der Waals surface area contributed by atoms with Crippen LogP contribution in [0.2, 0.25) is 0 Å². The van der Waals surface area contributed by atoms with E-state index in [1.807, 2.05) is 12.4 Å². The highest BCUT2D eigenvalue weighted by atomic mass is 16.3. The Kier molecular flexibility index (Phi) is 3.81. The quantitative estimate of drug-likeness (QED) is 0.761. The lowest BCUT2D eigenvalue weighted by atomic mass is 10.0. The topological polar surface area (TPSA) is 53.3 Å². The first kappa shape index (κ1) is 12.5. The maximum absolute atomic E-state index is 9.49. The Labute approximate surface area is 102 Å². The third-order valence-electron chi connectivity index (χ3n) is 3.35. The molecule has 0 bridgehead atoms. The van der Waals surface area contributed by atoms with E-state index in [-0.39, 0.29) is 12.1 Å². The van der Waals surface area contributed by atoms with Gasteiger partial charge in [0, 0.05) is 32.0 Å². The molecule has 1 aromatic rings. The van der Waals surface area contributed by atoms with Gasteiger partial charge in [-0.3, -0.25) is 4.90 Å². The largest absolute Gasteiger partial charge is 0.394 e. The van der Waals surface area contributed by atoms with Crippen LogP contribution in [0, 0.1) is 0 Å². The Morgan fingerprint density at radius 3 is 3.06 bits per heavy atom. The van der Waals surface area contributed by atoms with Crippen LogP contribution in [-0.4, -0.2) is 51.3 Å². The van der Waals surface area contributed by atoms with Crippen molar-refractivity contribution in [2.24, 2.45) is 0 Å². The Morgan fingerprint density at radius 2 is 2.35 bits per heavy atom. The molecule has 0 aliphatic carbocycles. The van der Waals surface area contributed by atoms with E-state index >= 15 is 0 Å². The van der Waals surface area contributed by atoms with Gasteiger partial charge in [0.25, 0.3) is 0 Å². The van der Waals surface area contributed by atoms with Crippen molar-refractivity contribution in [3.63, 3.8) is 0 Å². The highest BCUT2D eigenvalue weighted by Gasteiger charge is 2.27. The van der Waals surface area contributed by atoms with Crippen LogP contribution < -0.4 is 5.32 Å². The Hall–Kier alpha value is -0.910. The highest BCUT2D eigenvalue weighted by molar-refractivity contribution is 4.97. The molecule has 1 aliphatic heterocycles. The van der Waals surface area contributed by atoms with Crippen LogP contribution in [0.5, 0.6) is 0 Å². The van der Waals surface area contributed by atoms with Crippen LogP contribution in [0.3, 0.4) is 0 Å².